The van der Waals surface area contributed by atoms with Crippen LogP contribution in [0, 0.1) is 0 Å². The van der Waals surface area contributed by atoms with E-state index < -0.39 is 0 Å². The number of carbonyl (C=O) groups is 1. The van der Waals surface area contributed by atoms with Crippen molar-refractivity contribution >= 4 is 22.4 Å². The lowest BCUT2D eigenvalue weighted by molar-refractivity contribution is -0.133. The number of nitrogens with two attached hydrogens (primary N) is 1. The minimum absolute atomic E-state index is 0.0315. The van der Waals surface area contributed by atoms with Gasteiger partial charge in [0.2, 0.25) is 5.91 Å². The molecular formula is C12H19N3O2S. The van der Waals surface area contributed by atoms with Crippen molar-refractivity contribution in [2.45, 2.75) is 38.1 Å². The Bertz CT molecular complexity index is 408. The molecule has 0 saturated carbocycles. The van der Waals surface area contributed by atoms with Gasteiger partial charge in [0.25, 0.3) is 0 Å². The molecule has 1 aromatic rings. The van der Waals surface area contributed by atoms with Crippen LogP contribution in [0.1, 0.15) is 31.4 Å². The average Bonchev–Trinajstić information content (AvgIpc) is 2.65. The van der Waals surface area contributed by atoms with E-state index in [1.54, 1.807) is 0 Å². The Kier molecular flexibility index (Phi) is 4.54. The lowest BCUT2D eigenvalue weighted by Gasteiger charge is -2.28. The van der Waals surface area contributed by atoms with E-state index in [0.29, 0.717) is 5.13 Å². The van der Waals surface area contributed by atoms with Crippen LogP contribution in [0.5, 0.6) is 0 Å². The van der Waals surface area contributed by atoms with Gasteiger partial charge >= 0.3 is 0 Å². The third-order valence-electron chi connectivity index (χ3n) is 3.31. The molecule has 6 heteroatoms. The van der Waals surface area contributed by atoms with Crippen molar-refractivity contribution in [2.75, 3.05) is 18.9 Å². The number of thiazole rings is 1. The summed E-state index contributed by atoms with van der Waals surface area (Å²) in [4.78, 5) is 18.2. The summed E-state index contributed by atoms with van der Waals surface area (Å²) in [7, 11) is 0. The van der Waals surface area contributed by atoms with Crippen LogP contribution in [0.3, 0.4) is 0 Å². The Morgan fingerprint density at radius 2 is 2.39 bits per heavy atom. The number of aromatic nitrogens is 1. The number of hydrogen-bond acceptors (Lipinski definition) is 5. The second-order valence-corrected chi connectivity index (χ2v) is 5.52. The second kappa shape index (κ2) is 6.15. The monoisotopic (exact) mass is 269 g/mol. The lowest BCUT2D eigenvalue weighted by Crippen LogP contribution is -2.42. The van der Waals surface area contributed by atoms with Crippen molar-refractivity contribution in [2.24, 2.45) is 0 Å². The van der Waals surface area contributed by atoms with Crippen LogP contribution in [0.4, 0.5) is 5.13 Å². The SMILES string of the molecule is Nc1nc(CC(=O)N2CCCCCC2CO)cs1. The molecule has 18 heavy (non-hydrogen) atoms. The molecule has 5 nitrogen and oxygen atoms in total. The van der Waals surface area contributed by atoms with Crippen LogP contribution in [0.25, 0.3) is 0 Å². The van der Waals surface area contributed by atoms with Gasteiger partial charge in [0.05, 0.1) is 24.8 Å². The Balaban J connectivity index is 2.01. The average molecular weight is 269 g/mol. The molecule has 1 amide bonds. The second-order valence-electron chi connectivity index (χ2n) is 4.63. The van der Waals surface area contributed by atoms with E-state index in [0.717, 1.165) is 37.9 Å². The molecule has 2 rings (SSSR count). The maximum Gasteiger partial charge on any atom is 0.228 e. The van der Waals surface area contributed by atoms with Crippen LogP contribution in [-0.4, -0.2) is 40.1 Å². The number of nitrogen functional groups attached to an aromatic ring is 1. The number of amides is 1. The van der Waals surface area contributed by atoms with Crippen LogP contribution in [-0.2, 0) is 11.2 Å². The summed E-state index contributed by atoms with van der Waals surface area (Å²) >= 11 is 1.35. The first-order chi connectivity index (χ1) is 8.70. The van der Waals surface area contributed by atoms with Gasteiger partial charge in [-0.1, -0.05) is 12.8 Å². The van der Waals surface area contributed by atoms with Gasteiger partial charge in [-0.2, -0.15) is 0 Å². The zero-order valence-corrected chi connectivity index (χ0v) is 11.2. The van der Waals surface area contributed by atoms with Crippen molar-refractivity contribution < 1.29 is 9.90 Å². The molecule has 2 heterocycles. The van der Waals surface area contributed by atoms with Crippen molar-refractivity contribution in [1.82, 2.24) is 9.88 Å². The molecule has 1 fully saturated rings. The maximum absolute atomic E-state index is 12.2. The van der Waals surface area contributed by atoms with E-state index in [-0.39, 0.29) is 25.0 Å². The quantitative estimate of drug-likeness (QED) is 0.859. The number of rotatable bonds is 3. The Morgan fingerprint density at radius 1 is 1.56 bits per heavy atom. The summed E-state index contributed by atoms with van der Waals surface area (Å²) in [5.41, 5.74) is 6.28. The van der Waals surface area contributed by atoms with E-state index in [4.69, 9.17) is 5.73 Å². The highest BCUT2D eigenvalue weighted by molar-refractivity contribution is 7.13. The highest BCUT2D eigenvalue weighted by Gasteiger charge is 2.25. The molecule has 1 atom stereocenters. The molecule has 1 unspecified atom stereocenters. The van der Waals surface area contributed by atoms with Crippen LogP contribution >= 0.6 is 11.3 Å². The first kappa shape index (κ1) is 13.3. The van der Waals surface area contributed by atoms with E-state index in [1.807, 2.05) is 10.3 Å². The number of anilines is 1. The molecular weight excluding hydrogens is 250 g/mol. The fourth-order valence-corrected chi connectivity index (χ4v) is 2.92. The molecule has 100 valence electrons. The summed E-state index contributed by atoms with van der Waals surface area (Å²) in [5, 5.41) is 11.7. The topological polar surface area (TPSA) is 79.5 Å². The van der Waals surface area contributed by atoms with E-state index in [2.05, 4.69) is 4.98 Å². The molecule has 0 aromatic carbocycles. The number of nitrogens with zero attached hydrogens (tertiary/aromatic N) is 2. The largest absolute Gasteiger partial charge is 0.394 e. The molecule has 0 spiro atoms. The number of aliphatic hydroxyl groups excluding tert-OH is 1. The summed E-state index contributed by atoms with van der Waals surface area (Å²) in [6.45, 7) is 0.786. The highest BCUT2D eigenvalue weighted by Crippen LogP contribution is 2.18. The van der Waals surface area contributed by atoms with E-state index in [9.17, 15) is 9.90 Å². The predicted octanol–water partition coefficient (Wildman–Crippen LogP) is 1.03. The van der Waals surface area contributed by atoms with Crippen molar-refractivity contribution in [1.29, 1.82) is 0 Å². The smallest absolute Gasteiger partial charge is 0.228 e. The lowest BCUT2D eigenvalue weighted by atomic mass is 10.1. The molecule has 1 aromatic heterocycles. The summed E-state index contributed by atoms with van der Waals surface area (Å²) in [6, 6.07) is -0.0315. The van der Waals surface area contributed by atoms with Crippen molar-refractivity contribution in [3.8, 4) is 0 Å². The summed E-state index contributed by atoms with van der Waals surface area (Å²) < 4.78 is 0. The molecule has 0 bridgehead atoms. The molecule has 0 radical (unpaired) electrons. The zero-order valence-electron chi connectivity index (χ0n) is 10.3. The highest BCUT2D eigenvalue weighted by atomic mass is 32.1. The van der Waals surface area contributed by atoms with Gasteiger partial charge in [0.1, 0.15) is 0 Å². The van der Waals surface area contributed by atoms with Crippen molar-refractivity contribution in [3.63, 3.8) is 0 Å². The van der Waals surface area contributed by atoms with Gasteiger partial charge in [-0.25, -0.2) is 4.98 Å². The van der Waals surface area contributed by atoms with Gasteiger partial charge in [-0.15, -0.1) is 11.3 Å². The van der Waals surface area contributed by atoms with Crippen LogP contribution < -0.4 is 5.73 Å². The van der Waals surface area contributed by atoms with Crippen LogP contribution in [0.15, 0.2) is 5.38 Å². The molecule has 1 aliphatic heterocycles. The Labute approximate surface area is 111 Å². The maximum atomic E-state index is 12.2. The Morgan fingerprint density at radius 3 is 3.06 bits per heavy atom. The van der Waals surface area contributed by atoms with Gasteiger partial charge in [-0.3, -0.25) is 4.79 Å². The Hall–Kier alpha value is -1.14. The van der Waals surface area contributed by atoms with Gasteiger partial charge in [-0.05, 0) is 12.8 Å². The zero-order chi connectivity index (χ0) is 13.0. The van der Waals surface area contributed by atoms with Gasteiger partial charge < -0.3 is 15.7 Å². The molecule has 1 aliphatic rings. The first-order valence-corrected chi connectivity index (χ1v) is 7.19. The number of likely N-dealkylation sites (tertiary alicyclic amines) is 1. The minimum Gasteiger partial charge on any atom is -0.394 e. The standard InChI is InChI=1S/C12H19N3O2S/c13-12-14-9(8-18-12)6-11(17)15-5-3-1-2-4-10(15)7-16/h8,10,16H,1-7H2,(H2,13,14). The summed E-state index contributed by atoms with van der Waals surface area (Å²) in [5.74, 6) is 0.0428. The number of hydrogen-bond donors (Lipinski definition) is 2. The van der Waals surface area contributed by atoms with E-state index >= 15 is 0 Å². The minimum atomic E-state index is -0.0315. The fraction of sp³-hybridized carbons (Fsp3) is 0.667. The third kappa shape index (κ3) is 3.20. The number of aliphatic hydroxyl groups is 1. The molecule has 3 N–H and O–H groups in total. The normalized spacial score (nSPS) is 20.7. The predicted molar refractivity (Wildman–Crippen MR) is 71.3 cm³/mol. The molecule has 1 saturated heterocycles. The first-order valence-electron chi connectivity index (χ1n) is 6.31. The van der Waals surface area contributed by atoms with Crippen molar-refractivity contribution in [3.05, 3.63) is 11.1 Å². The number of carbonyl (C=O) groups excluding carboxylic acids is 1. The fourth-order valence-electron chi connectivity index (χ4n) is 2.36. The van der Waals surface area contributed by atoms with Gasteiger partial charge in [0, 0.05) is 11.9 Å². The molecule has 0 aliphatic carbocycles. The van der Waals surface area contributed by atoms with Gasteiger partial charge in [0.15, 0.2) is 5.13 Å². The third-order valence-corrected chi connectivity index (χ3v) is 4.03. The van der Waals surface area contributed by atoms with Crippen LogP contribution in [0.2, 0.25) is 0 Å². The van der Waals surface area contributed by atoms with E-state index in [1.165, 1.54) is 11.3 Å². The summed E-state index contributed by atoms with van der Waals surface area (Å²) in [6.07, 6.45) is 4.40.